The molecule has 0 saturated carbocycles. The summed E-state index contributed by atoms with van der Waals surface area (Å²) in [6, 6.07) is 50.6. The monoisotopic (exact) mass is 816 g/mol. The number of allylic oxidation sites excluding steroid dienone is 13. The molecule has 1 heteroatoms. The van der Waals surface area contributed by atoms with Crippen LogP contribution in [0.4, 0.5) is 0 Å². The zero-order chi connectivity index (χ0) is 45.1. The molecular formula is C61H69N. The molecule has 7 rings (SSSR count). The number of nitrogens with zero attached hydrogens (tertiary/aromatic N) is 1. The highest BCUT2D eigenvalue weighted by atomic mass is 14.6. The van der Waals surface area contributed by atoms with Crippen molar-refractivity contribution in [3.8, 4) is 22.3 Å². The number of pyridine rings is 1. The molecule has 1 aliphatic carbocycles. The van der Waals surface area contributed by atoms with Gasteiger partial charge in [-0.2, -0.15) is 0 Å². The summed E-state index contributed by atoms with van der Waals surface area (Å²) in [5.41, 5.74) is 16.8. The van der Waals surface area contributed by atoms with Gasteiger partial charge < -0.3 is 0 Å². The maximum atomic E-state index is 3.88. The van der Waals surface area contributed by atoms with Crippen molar-refractivity contribution in [3.63, 3.8) is 0 Å². The Kier molecular flexibility index (Phi) is 22.5. The lowest BCUT2D eigenvalue weighted by atomic mass is 9.80. The Hall–Kier alpha value is -6.57. The Bertz CT molecular complexity index is 2300. The largest absolute Gasteiger partial charge is 0.264 e. The summed E-state index contributed by atoms with van der Waals surface area (Å²) in [6.45, 7) is 24.9. The standard InChI is InChI=1S/C27H32.2C13H12.C6H7N.C2H6/c1-7-9-10-24(8-2)27-19-26(18-15-23(27)6)22(5)14-13-21(4)25-16-11-20(3)12-17-25;2*1-11-6-5-9-13(10-11)12-7-3-2-4-8-12;1-6-3-2-4-7-5-6;1-2/h7-19,23,27H,1H2,2-6H3;2*2-10H,1H3;2-5H,1H3;1-2H3/b10-9-,21-13+,22-14+,24-8+;;;;. The molecule has 2 atom stereocenters. The molecule has 5 aromatic carbocycles. The van der Waals surface area contributed by atoms with E-state index >= 15 is 0 Å². The predicted octanol–water partition coefficient (Wildman–Crippen LogP) is 17.5. The van der Waals surface area contributed by atoms with Crippen molar-refractivity contribution >= 4 is 5.57 Å². The van der Waals surface area contributed by atoms with Gasteiger partial charge in [-0.05, 0) is 116 Å². The van der Waals surface area contributed by atoms with E-state index in [0.29, 0.717) is 11.8 Å². The maximum absolute atomic E-state index is 3.88. The maximum Gasteiger partial charge on any atom is 0.0297 e. The van der Waals surface area contributed by atoms with E-state index in [1.165, 1.54) is 72.4 Å². The van der Waals surface area contributed by atoms with Crippen LogP contribution in [0.15, 0.2) is 236 Å². The zero-order valence-corrected chi connectivity index (χ0v) is 39.0. The number of rotatable bonds is 8. The summed E-state index contributed by atoms with van der Waals surface area (Å²) in [7, 11) is 0. The summed E-state index contributed by atoms with van der Waals surface area (Å²) < 4.78 is 0. The van der Waals surface area contributed by atoms with Crippen molar-refractivity contribution in [2.24, 2.45) is 11.8 Å². The number of hydrogen-bond acceptors (Lipinski definition) is 1. The third-order valence-electron chi connectivity index (χ3n) is 10.3. The summed E-state index contributed by atoms with van der Waals surface area (Å²) in [6.07, 6.45) is 23.2. The van der Waals surface area contributed by atoms with Crippen LogP contribution in [-0.4, -0.2) is 4.98 Å². The second-order valence-electron chi connectivity index (χ2n) is 15.3. The van der Waals surface area contributed by atoms with Gasteiger partial charge in [0, 0.05) is 18.3 Å². The minimum atomic E-state index is 0.400. The van der Waals surface area contributed by atoms with Crippen molar-refractivity contribution in [2.45, 2.75) is 69.2 Å². The van der Waals surface area contributed by atoms with Gasteiger partial charge in [-0.3, -0.25) is 4.98 Å². The zero-order valence-electron chi connectivity index (χ0n) is 39.0. The van der Waals surface area contributed by atoms with Gasteiger partial charge >= 0.3 is 0 Å². The van der Waals surface area contributed by atoms with Crippen LogP contribution in [0, 0.1) is 39.5 Å². The van der Waals surface area contributed by atoms with Crippen molar-refractivity contribution in [1.29, 1.82) is 0 Å². The molecule has 0 spiro atoms. The number of aromatic nitrogens is 1. The smallest absolute Gasteiger partial charge is 0.0297 e. The molecule has 0 amide bonds. The third-order valence-corrected chi connectivity index (χ3v) is 10.3. The van der Waals surface area contributed by atoms with Crippen molar-refractivity contribution in [3.05, 3.63) is 264 Å². The van der Waals surface area contributed by atoms with Gasteiger partial charge in [0.1, 0.15) is 0 Å². The molecule has 0 fully saturated rings. The van der Waals surface area contributed by atoms with E-state index in [4.69, 9.17) is 0 Å². The second kappa shape index (κ2) is 28.0. The Balaban J connectivity index is 0.000000242. The highest BCUT2D eigenvalue weighted by molar-refractivity contribution is 5.66. The molecule has 0 bridgehead atoms. The minimum Gasteiger partial charge on any atom is -0.264 e. The van der Waals surface area contributed by atoms with E-state index in [1.54, 1.807) is 6.20 Å². The summed E-state index contributed by atoms with van der Waals surface area (Å²) in [4.78, 5) is 3.88. The van der Waals surface area contributed by atoms with Gasteiger partial charge in [0.05, 0.1) is 0 Å². The molecule has 0 saturated heterocycles. The van der Waals surface area contributed by atoms with E-state index in [9.17, 15) is 0 Å². The average molecular weight is 816 g/mol. The summed E-state index contributed by atoms with van der Waals surface area (Å²) in [5.74, 6) is 0.892. The lowest BCUT2D eigenvalue weighted by Gasteiger charge is -2.24. The quantitative estimate of drug-likeness (QED) is 0.139. The first kappa shape index (κ1) is 49.8. The highest BCUT2D eigenvalue weighted by Crippen LogP contribution is 2.32. The van der Waals surface area contributed by atoms with Crippen LogP contribution in [0.3, 0.4) is 0 Å². The number of aryl methyl sites for hydroxylation is 4. The van der Waals surface area contributed by atoms with Crippen LogP contribution < -0.4 is 0 Å². The molecule has 1 aliphatic rings. The molecule has 318 valence electrons. The lowest BCUT2D eigenvalue weighted by Crippen LogP contribution is -2.13. The molecule has 0 radical (unpaired) electrons. The molecule has 1 aromatic heterocycles. The van der Waals surface area contributed by atoms with Crippen molar-refractivity contribution in [1.82, 2.24) is 4.98 Å². The van der Waals surface area contributed by atoms with Gasteiger partial charge in [-0.25, -0.2) is 0 Å². The molecule has 1 nitrogen and oxygen atoms in total. The molecule has 0 N–H and O–H groups in total. The van der Waals surface area contributed by atoms with Crippen LogP contribution in [0.1, 0.15) is 69.4 Å². The molecule has 6 aromatic rings. The molecular weight excluding hydrogens is 747 g/mol. The normalized spacial score (nSPS) is 14.6. The van der Waals surface area contributed by atoms with Crippen LogP contribution in [0.25, 0.3) is 27.8 Å². The first-order chi connectivity index (χ1) is 30.1. The number of benzene rings is 5. The van der Waals surface area contributed by atoms with Gasteiger partial charge in [0.15, 0.2) is 0 Å². The minimum absolute atomic E-state index is 0.400. The van der Waals surface area contributed by atoms with E-state index in [2.05, 4.69) is 224 Å². The predicted molar refractivity (Wildman–Crippen MR) is 275 cm³/mol. The summed E-state index contributed by atoms with van der Waals surface area (Å²) in [5, 5.41) is 0. The van der Waals surface area contributed by atoms with Crippen LogP contribution in [0.5, 0.6) is 0 Å². The van der Waals surface area contributed by atoms with Gasteiger partial charge in [0.25, 0.3) is 0 Å². The Morgan fingerprint density at radius 3 is 1.55 bits per heavy atom. The lowest BCUT2D eigenvalue weighted by molar-refractivity contribution is 0.582. The first-order valence-corrected chi connectivity index (χ1v) is 22.0. The topological polar surface area (TPSA) is 12.9 Å². The molecule has 62 heavy (non-hydrogen) atoms. The van der Waals surface area contributed by atoms with E-state index in [1.807, 2.05) is 63.4 Å². The average Bonchev–Trinajstić information content (AvgIpc) is 3.31. The fraction of sp³-hybridized carbons (Fsp3) is 0.197. The Morgan fingerprint density at radius 2 is 1.10 bits per heavy atom. The number of hydrogen-bond donors (Lipinski definition) is 0. The highest BCUT2D eigenvalue weighted by Gasteiger charge is 2.19. The van der Waals surface area contributed by atoms with Gasteiger partial charge in [-0.15, -0.1) is 0 Å². The second-order valence-corrected chi connectivity index (χ2v) is 15.3. The SMILES string of the molecule is C=C/C=C\C(=C/C)C1C=C(/C(C)=C/C=C(\C)c2ccc(C)cc2)C=CC1C.CC.Cc1cccc(-c2ccccc2)c1.Cc1cccc(-c2ccccc2)c1.Cc1cccnc1. The fourth-order valence-corrected chi connectivity index (χ4v) is 6.64. The van der Waals surface area contributed by atoms with E-state index in [0.717, 1.165) is 0 Å². The van der Waals surface area contributed by atoms with Gasteiger partial charge in [0.2, 0.25) is 0 Å². The van der Waals surface area contributed by atoms with Gasteiger partial charge in [-0.1, -0.05) is 238 Å². The van der Waals surface area contributed by atoms with E-state index in [-0.39, 0.29) is 0 Å². The fourth-order valence-electron chi connectivity index (χ4n) is 6.64. The van der Waals surface area contributed by atoms with E-state index < -0.39 is 0 Å². The van der Waals surface area contributed by atoms with Crippen LogP contribution >= 0.6 is 0 Å². The van der Waals surface area contributed by atoms with Crippen molar-refractivity contribution in [2.75, 3.05) is 0 Å². The molecule has 2 unspecified atom stereocenters. The Morgan fingerprint density at radius 1 is 0.581 bits per heavy atom. The van der Waals surface area contributed by atoms with Crippen molar-refractivity contribution < 1.29 is 0 Å². The van der Waals surface area contributed by atoms with Crippen LogP contribution in [-0.2, 0) is 0 Å². The third kappa shape index (κ3) is 17.6. The molecule has 0 aliphatic heterocycles. The summed E-state index contributed by atoms with van der Waals surface area (Å²) >= 11 is 0. The Labute approximate surface area is 376 Å². The first-order valence-electron chi connectivity index (χ1n) is 22.0. The van der Waals surface area contributed by atoms with Crippen LogP contribution in [0.2, 0.25) is 0 Å². The molecule has 1 heterocycles.